The largest absolute Gasteiger partial charge is 0.492 e. The first-order valence-corrected chi connectivity index (χ1v) is 4.95. The van der Waals surface area contributed by atoms with Crippen LogP contribution in [0.4, 0.5) is 0 Å². The summed E-state index contributed by atoms with van der Waals surface area (Å²) in [7, 11) is 0. The number of fused-ring (bicyclic) bond motifs is 3. The van der Waals surface area contributed by atoms with E-state index in [1.807, 2.05) is 0 Å². The number of thiophene rings is 1. The Morgan fingerprint density at radius 2 is 2.25 bits per heavy atom. The average Bonchev–Trinajstić information content (AvgIpc) is 2.71. The summed E-state index contributed by atoms with van der Waals surface area (Å²) in [6.07, 6.45) is 1.07. The van der Waals surface area contributed by atoms with Crippen LogP contribution in [0.1, 0.15) is 5.56 Å². The van der Waals surface area contributed by atoms with Crippen LogP contribution in [0, 0.1) is 0 Å². The van der Waals surface area contributed by atoms with Gasteiger partial charge in [0.15, 0.2) is 0 Å². The zero-order valence-corrected chi connectivity index (χ0v) is 7.36. The molecule has 0 saturated heterocycles. The zero-order valence-electron chi connectivity index (χ0n) is 6.54. The van der Waals surface area contributed by atoms with E-state index in [1.165, 1.54) is 15.6 Å². The summed E-state index contributed by atoms with van der Waals surface area (Å²) in [6, 6.07) is 6.51. The van der Waals surface area contributed by atoms with Crippen LogP contribution < -0.4 is 4.74 Å². The van der Waals surface area contributed by atoms with E-state index in [9.17, 15) is 0 Å². The molecule has 0 fully saturated rings. The van der Waals surface area contributed by atoms with Gasteiger partial charge in [-0.25, -0.2) is 0 Å². The molecule has 0 amide bonds. The number of benzene rings is 1. The van der Waals surface area contributed by atoms with Crippen molar-refractivity contribution in [3.8, 4) is 5.75 Å². The summed E-state index contributed by atoms with van der Waals surface area (Å²) < 4.78 is 6.91. The summed E-state index contributed by atoms with van der Waals surface area (Å²) in [6.45, 7) is 0.851. The number of hydrogen-bond donors (Lipinski definition) is 0. The maximum Gasteiger partial charge on any atom is 0.131 e. The van der Waals surface area contributed by atoms with Crippen LogP contribution >= 0.6 is 11.3 Å². The van der Waals surface area contributed by atoms with Gasteiger partial charge in [0.1, 0.15) is 5.75 Å². The molecular formula is C10H8OS. The van der Waals surface area contributed by atoms with E-state index < -0.39 is 0 Å². The Hall–Kier alpha value is -1.02. The molecule has 3 rings (SSSR count). The topological polar surface area (TPSA) is 9.23 Å². The van der Waals surface area contributed by atoms with E-state index in [0.29, 0.717) is 0 Å². The maximum atomic E-state index is 5.58. The van der Waals surface area contributed by atoms with Crippen LogP contribution in [0.2, 0.25) is 0 Å². The Labute approximate surface area is 74.6 Å². The minimum atomic E-state index is 0.851. The smallest absolute Gasteiger partial charge is 0.131 e. The molecule has 0 radical (unpaired) electrons. The molecule has 2 heterocycles. The van der Waals surface area contributed by atoms with Crippen LogP contribution in [0.15, 0.2) is 23.6 Å². The number of hydrogen-bond acceptors (Lipinski definition) is 2. The van der Waals surface area contributed by atoms with Gasteiger partial charge in [0.05, 0.1) is 6.61 Å². The van der Waals surface area contributed by atoms with Crippen LogP contribution in [0.25, 0.3) is 10.1 Å². The monoisotopic (exact) mass is 176 g/mol. The Balaban J connectivity index is 2.46. The standard InChI is InChI=1S/C10H8OS/c1-2-9-8(4-6-12-9)10-7(1)3-5-11-10/h1-2,4,6H,3,5H2. The predicted molar refractivity (Wildman–Crippen MR) is 51.0 cm³/mol. The van der Waals surface area contributed by atoms with E-state index >= 15 is 0 Å². The van der Waals surface area contributed by atoms with Gasteiger partial charge < -0.3 is 4.74 Å². The fourth-order valence-electron chi connectivity index (χ4n) is 1.69. The fraction of sp³-hybridized carbons (Fsp3) is 0.200. The molecule has 0 aliphatic carbocycles. The van der Waals surface area contributed by atoms with Gasteiger partial charge in [0.2, 0.25) is 0 Å². The van der Waals surface area contributed by atoms with Gasteiger partial charge in [-0.05, 0) is 23.1 Å². The lowest BCUT2D eigenvalue weighted by atomic mass is 10.1. The lowest BCUT2D eigenvalue weighted by molar-refractivity contribution is 0.360. The second kappa shape index (κ2) is 2.23. The van der Waals surface area contributed by atoms with Crippen LogP contribution in [-0.2, 0) is 6.42 Å². The van der Waals surface area contributed by atoms with E-state index in [2.05, 4.69) is 23.6 Å². The molecule has 2 heteroatoms. The van der Waals surface area contributed by atoms with Gasteiger partial charge in [0.25, 0.3) is 0 Å². The third-order valence-corrected chi connectivity index (χ3v) is 3.17. The van der Waals surface area contributed by atoms with E-state index in [4.69, 9.17) is 4.74 Å². The number of rotatable bonds is 0. The molecule has 0 atom stereocenters. The molecule has 12 heavy (non-hydrogen) atoms. The Morgan fingerprint density at radius 1 is 1.25 bits per heavy atom. The van der Waals surface area contributed by atoms with Gasteiger partial charge in [-0.15, -0.1) is 11.3 Å². The quantitative estimate of drug-likeness (QED) is 0.599. The fourth-order valence-corrected chi connectivity index (χ4v) is 2.48. The van der Waals surface area contributed by atoms with Crippen molar-refractivity contribution in [2.75, 3.05) is 6.61 Å². The molecule has 1 aromatic carbocycles. The third kappa shape index (κ3) is 0.730. The Kier molecular flexibility index (Phi) is 1.21. The lowest BCUT2D eigenvalue weighted by Gasteiger charge is -1.99. The Morgan fingerprint density at radius 3 is 3.25 bits per heavy atom. The summed E-state index contributed by atoms with van der Waals surface area (Å²) >= 11 is 1.77. The van der Waals surface area contributed by atoms with Crippen molar-refractivity contribution >= 4 is 21.4 Å². The summed E-state index contributed by atoms with van der Waals surface area (Å²) in [5.74, 6) is 1.12. The summed E-state index contributed by atoms with van der Waals surface area (Å²) in [5.41, 5.74) is 1.36. The minimum absolute atomic E-state index is 0.851. The zero-order chi connectivity index (χ0) is 7.97. The molecule has 60 valence electrons. The molecule has 2 aromatic rings. The molecule has 1 aliphatic rings. The van der Waals surface area contributed by atoms with Crippen molar-refractivity contribution in [3.63, 3.8) is 0 Å². The molecule has 1 aliphatic heterocycles. The average molecular weight is 176 g/mol. The van der Waals surface area contributed by atoms with E-state index in [-0.39, 0.29) is 0 Å². The molecule has 0 bridgehead atoms. The van der Waals surface area contributed by atoms with Gasteiger partial charge in [0, 0.05) is 16.5 Å². The molecule has 1 nitrogen and oxygen atoms in total. The molecule has 1 aromatic heterocycles. The molecule has 0 N–H and O–H groups in total. The number of ether oxygens (including phenoxy) is 1. The van der Waals surface area contributed by atoms with Crippen molar-refractivity contribution in [1.29, 1.82) is 0 Å². The molecule has 0 unspecified atom stereocenters. The summed E-state index contributed by atoms with van der Waals surface area (Å²) in [4.78, 5) is 0. The Bertz CT molecular complexity index is 430. The van der Waals surface area contributed by atoms with Crippen molar-refractivity contribution in [1.82, 2.24) is 0 Å². The third-order valence-electron chi connectivity index (χ3n) is 2.29. The van der Waals surface area contributed by atoms with Crippen molar-refractivity contribution < 1.29 is 4.74 Å². The lowest BCUT2D eigenvalue weighted by Crippen LogP contribution is -1.86. The highest BCUT2D eigenvalue weighted by Crippen LogP contribution is 2.36. The molecule has 0 spiro atoms. The van der Waals surface area contributed by atoms with Gasteiger partial charge >= 0.3 is 0 Å². The minimum Gasteiger partial charge on any atom is -0.492 e. The van der Waals surface area contributed by atoms with Gasteiger partial charge in [-0.1, -0.05) is 6.07 Å². The summed E-state index contributed by atoms with van der Waals surface area (Å²) in [5, 5.41) is 3.40. The van der Waals surface area contributed by atoms with Gasteiger partial charge in [-0.2, -0.15) is 0 Å². The van der Waals surface area contributed by atoms with Gasteiger partial charge in [-0.3, -0.25) is 0 Å². The first-order chi connectivity index (χ1) is 5.95. The van der Waals surface area contributed by atoms with Crippen LogP contribution in [-0.4, -0.2) is 6.61 Å². The van der Waals surface area contributed by atoms with E-state index in [1.54, 1.807) is 11.3 Å². The van der Waals surface area contributed by atoms with Crippen molar-refractivity contribution in [3.05, 3.63) is 29.1 Å². The molecular weight excluding hydrogens is 168 g/mol. The van der Waals surface area contributed by atoms with Crippen molar-refractivity contribution in [2.45, 2.75) is 6.42 Å². The van der Waals surface area contributed by atoms with E-state index in [0.717, 1.165) is 18.8 Å². The van der Waals surface area contributed by atoms with Crippen LogP contribution in [0.5, 0.6) is 5.75 Å². The second-order valence-electron chi connectivity index (χ2n) is 2.98. The normalized spacial score (nSPS) is 14.7. The highest BCUT2D eigenvalue weighted by atomic mass is 32.1. The highest BCUT2D eigenvalue weighted by molar-refractivity contribution is 7.17. The predicted octanol–water partition coefficient (Wildman–Crippen LogP) is 2.84. The maximum absolute atomic E-state index is 5.58. The van der Waals surface area contributed by atoms with Crippen molar-refractivity contribution in [2.24, 2.45) is 0 Å². The van der Waals surface area contributed by atoms with Crippen LogP contribution in [0.3, 0.4) is 0 Å². The second-order valence-corrected chi connectivity index (χ2v) is 3.93. The highest BCUT2D eigenvalue weighted by Gasteiger charge is 2.14. The first-order valence-electron chi connectivity index (χ1n) is 4.07. The first kappa shape index (κ1) is 6.49. The SMILES string of the molecule is c1cc2c3c(ccc2s1)CCO3. The molecule has 0 saturated carbocycles.